The van der Waals surface area contributed by atoms with Crippen LogP contribution in [0.2, 0.25) is 0 Å². The summed E-state index contributed by atoms with van der Waals surface area (Å²) in [6.07, 6.45) is 5.69. The number of methoxy groups -OCH3 is 1. The summed E-state index contributed by atoms with van der Waals surface area (Å²) in [4.78, 5) is 0. The van der Waals surface area contributed by atoms with E-state index in [4.69, 9.17) is 10.5 Å². The molecule has 0 fully saturated rings. The second-order valence-corrected chi connectivity index (χ2v) is 4.18. The molecule has 2 heterocycles. The van der Waals surface area contributed by atoms with E-state index in [0.717, 1.165) is 17.3 Å². The molecule has 3 rings (SSSR count). The van der Waals surface area contributed by atoms with Gasteiger partial charge < -0.3 is 22.9 Å². The lowest BCUT2D eigenvalue weighted by Crippen LogP contribution is -3.00. The van der Waals surface area contributed by atoms with Gasteiger partial charge in [-0.1, -0.05) is 0 Å². The highest BCUT2D eigenvalue weighted by Gasteiger charge is 2.19. The first-order valence-electron chi connectivity index (χ1n) is 5.96. The monoisotopic (exact) mass is 290 g/mol. The number of halogens is 1. The number of H-pyrrole nitrogens is 1. The van der Waals surface area contributed by atoms with Gasteiger partial charge in [-0.15, -0.1) is 4.68 Å². The van der Waals surface area contributed by atoms with Gasteiger partial charge in [0.2, 0.25) is 0 Å². The third kappa shape index (κ3) is 2.35. The van der Waals surface area contributed by atoms with E-state index in [1.165, 1.54) is 0 Å². The van der Waals surface area contributed by atoms with Gasteiger partial charge in [-0.2, -0.15) is 0 Å². The molecule has 2 aromatic heterocycles. The van der Waals surface area contributed by atoms with Crippen LogP contribution in [-0.4, -0.2) is 16.8 Å². The van der Waals surface area contributed by atoms with Crippen LogP contribution in [0.1, 0.15) is 0 Å². The fourth-order valence-electron chi connectivity index (χ4n) is 2.06. The van der Waals surface area contributed by atoms with Gasteiger partial charge in [0.15, 0.2) is 5.69 Å². The Hall–Kier alpha value is -2.40. The van der Waals surface area contributed by atoms with Crippen LogP contribution in [0.5, 0.6) is 5.75 Å². The van der Waals surface area contributed by atoms with Crippen LogP contribution in [0, 0.1) is 0 Å². The molecule has 0 spiro atoms. The van der Waals surface area contributed by atoms with Crippen LogP contribution in [-0.2, 0) is 0 Å². The van der Waals surface area contributed by atoms with Crippen LogP contribution < -0.4 is 27.6 Å². The van der Waals surface area contributed by atoms with Crippen LogP contribution in [0.15, 0.2) is 55.0 Å². The normalized spacial score (nSPS) is 10.1. The largest absolute Gasteiger partial charge is 1.00 e. The van der Waals surface area contributed by atoms with Crippen LogP contribution in [0.25, 0.3) is 11.5 Å². The van der Waals surface area contributed by atoms with Gasteiger partial charge in [0.1, 0.15) is 11.4 Å². The Morgan fingerprint density at radius 3 is 2.40 bits per heavy atom. The highest BCUT2D eigenvalue weighted by Crippen LogP contribution is 2.16. The van der Waals surface area contributed by atoms with Crippen molar-refractivity contribution in [3.8, 4) is 17.3 Å². The Labute approximate surface area is 123 Å². The number of anilines is 1. The summed E-state index contributed by atoms with van der Waals surface area (Å²) in [5.74, 6) is 1.71. The summed E-state index contributed by atoms with van der Waals surface area (Å²) in [5.41, 5.74) is 7.70. The van der Waals surface area contributed by atoms with Crippen molar-refractivity contribution in [3.05, 3.63) is 55.0 Å². The Morgan fingerprint density at radius 1 is 1.15 bits per heavy atom. The first-order valence-corrected chi connectivity index (χ1v) is 5.96. The van der Waals surface area contributed by atoms with Crippen molar-refractivity contribution in [3.63, 3.8) is 0 Å². The summed E-state index contributed by atoms with van der Waals surface area (Å²) >= 11 is 0. The Bertz CT molecular complexity index is 674. The highest BCUT2D eigenvalue weighted by atomic mass is 35.5. The minimum atomic E-state index is 0. The number of hydrogen-bond donors (Lipinski definition) is 2. The van der Waals surface area contributed by atoms with Crippen molar-refractivity contribution in [2.45, 2.75) is 0 Å². The summed E-state index contributed by atoms with van der Waals surface area (Å²) < 4.78 is 9.06. The maximum Gasteiger partial charge on any atom is 0.335 e. The molecule has 5 nitrogen and oxygen atoms in total. The van der Waals surface area contributed by atoms with Gasteiger partial charge in [-0.25, -0.2) is 9.67 Å². The topological polar surface area (TPSA) is 59.9 Å². The Balaban J connectivity index is 0.00000147. The van der Waals surface area contributed by atoms with Gasteiger partial charge in [-0.05, 0) is 36.4 Å². The average molecular weight is 291 g/mol. The number of aromatic nitrogens is 3. The molecule has 0 radical (unpaired) electrons. The fraction of sp³-hybridized carbons (Fsp3) is 0.0714. The number of nitrogens with zero attached hydrogens (tertiary/aromatic N) is 2. The maximum absolute atomic E-state index is 6.03. The lowest BCUT2D eigenvalue weighted by Gasteiger charge is -2.02. The van der Waals surface area contributed by atoms with E-state index in [0.29, 0.717) is 5.69 Å². The minimum Gasteiger partial charge on any atom is -1.00 e. The van der Waals surface area contributed by atoms with Crippen molar-refractivity contribution >= 4 is 5.69 Å². The van der Waals surface area contributed by atoms with E-state index in [2.05, 4.69) is 5.10 Å². The van der Waals surface area contributed by atoms with Gasteiger partial charge in [0, 0.05) is 0 Å². The molecule has 0 bridgehead atoms. The molecular formula is C14H15ClN4O. The van der Waals surface area contributed by atoms with Crippen molar-refractivity contribution in [1.82, 2.24) is 9.67 Å². The Kier molecular flexibility index (Phi) is 4.00. The number of nitrogens with two attached hydrogens (primary N) is 1. The molecule has 0 atom stereocenters. The molecule has 0 saturated carbocycles. The first-order chi connectivity index (χ1) is 9.29. The zero-order valence-electron chi connectivity index (χ0n) is 11.0. The molecule has 0 aliphatic heterocycles. The number of rotatable bonds is 3. The van der Waals surface area contributed by atoms with E-state index in [1.54, 1.807) is 13.3 Å². The Morgan fingerprint density at radius 2 is 1.80 bits per heavy atom. The van der Waals surface area contributed by atoms with E-state index >= 15 is 0 Å². The molecule has 104 valence electrons. The third-order valence-electron chi connectivity index (χ3n) is 3.00. The number of aromatic amines is 1. The fourth-order valence-corrected chi connectivity index (χ4v) is 2.06. The predicted octanol–water partition coefficient (Wildman–Crippen LogP) is -1.32. The minimum absolute atomic E-state index is 0. The number of benzene rings is 1. The third-order valence-corrected chi connectivity index (χ3v) is 3.00. The second-order valence-electron chi connectivity index (χ2n) is 4.18. The van der Waals surface area contributed by atoms with Gasteiger partial charge in [-0.3, -0.25) is 0 Å². The van der Waals surface area contributed by atoms with E-state index < -0.39 is 0 Å². The van der Waals surface area contributed by atoms with E-state index in [-0.39, 0.29) is 12.4 Å². The number of nitrogens with one attached hydrogen (secondary N) is 1. The van der Waals surface area contributed by atoms with Crippen LogP contribution >= 0.6 is 0 Å². The first kappa shape index (κ1) is 14.0. The predicted molar refractivity (Wildman–Crippen MR) is 72.6 cm³/mol. The molecule has 3 N–H and O–H groups in total. The molecule has 20 heavy (non-hydrogen) atoms. The molecular weight excluding hydrogens is 276 g/mol. The second kappa shape index (κ2) is 5.71. The van der Waals surface area contributed by atoms with Gasteiger partial charge >= 0.3 is 5.82 Å². The molecule has 3 aromatic rings. The van der Waals surface area contributed by atoms with E-state index in [9.17, 15) is 0 Å². The lowest BCUT2D eigenvalue weighted by atomic mass is 10.3. The van der Waals surface area contributed by atoms with Gasteiger partial charge in [0.25, 0.3) is 0 Å². The zero-order valence-corrected chi connectivity index (χ0v) is 11.7. The number of ether oxygens (including phenoxy) is 1. The molecule has 0 amide bonds. The van der Waals surface area contributed by atoms with Crippen molar-refractivity contribution in [2.75, 3.05) is 12.8 Å². The van der Waals surface area contributed by atoms with Crippen LogP contribution in [0.3, 0.4) is 0 Å². The van der Waals surface area contributed by atoms with Gasteiger partial charge in [0.05, 0.1) is 25.7 Å². The molecule has 0 unspecified atom stereocenters. The number of nitrogen functional groups attached to an aromatic ring is 1. The zero-order chi connectivity index (χ0) is 13.2. The summed E-state index contributed by atoms with van der Waals surface area (Å²) in [7, 11) is 1.65. The standard InChI is InChI=1S/C14H14N4O.ClH/c1-19-12-6-4-11(5-7-12)18-14(13(15)10-16-18)17-8-2-3-9-17;/h2-10H,15H2,1H3;1H. The SMILES string of the molecule is COc1ccc(-[n+]2[nH]cc(N)c2-n2cccc2)cc1.[Cl-]. The molecule has 0 saturated heterocycles. The molecule has 6 heteroatoms. The van der Waals surface area contributed by atoms with Crippen molar-refractivity contribution in [1.29, 1.82) is 0 Å². The molecule has 1 aromatic carbocycles. The molecule has 0 aliphatic carbocycles. The summed E-state index contributed by atoms with van der Waals surface area (Å²) in [6, 6.07) is 11.7. The van der Waals surface area contributed by atoms with Crippen molar-refractivity contribution < 1.29 is 21.8 Å². The molecule has 0 aliphatic rings. The average Bonchev–Trinajstić information content (AvgIpc) is 3.08. The van der Waals surface area contributed by atoms with Crippen molar-refractivity contribution in [2.24, 2.45) is 0 Å². The number of hydrogen-bond acceptors (Lipinski definition) is 2. The highest BCUT2D eigenvalue weighted by molar-refractivity contribution is 5.49. The van der Waals surface area contributed by atoms with Crippen LogP contribution in [0.4, 0.5) is 5.69 Å². The lowest BCUT2D eigenvalue weighted by molar-refractivity contribution is -0.649. The van der Waals surface area contributed by atoms with E-state index in [1.807, 2.05) is 58.0 Å². The summed E-state index contributed by atoms with van der Waals surface area (Å²) in [5, 5.41) is 3.15. The summed E-state index contributed by atoms with van der Waals surface area (Å²) in [6.45, 7) is 0. The smallest absolute Gasteiger partial charge is 0.335 e. The quantitative estimate of drug-likeness (QED) is 0.588. The maximum atomic E-state index is 6.03.